The molecule has 0 bridgehead atoms. The summed E-state index contributed by atoms with van der Waals surface area (Å²) in [6.45, 7) is 0. The summed E-state index contributed by atoms with van der Waals surface area (Å²) in [5.74, 6) is -0.442. The minimum atomic E-state index is -4.45. The van der Waals surface area contributed by atoms with E-state index in [4.69, 9.17) is 4.74 Å². The SMILES string of the molecule is COc1cc(C=NNC(=O)c2ccc(C(F)(F)F)cc2)ccc1O. The van der Waals surface area contributed by atoms with Crippen molar-refractivity contribution in [2.75, 3.05) is 7.11 Å². The number of nitrogens with one attached hydrogen (secondary N) is 1. The fourth-order valence-electron chi connectivity index (χ4n) is 1.82. The molecule has 0 aromatic heterocycles. The molecule has 0 fully saturated rings. The van der Waals surface area contributed by atoms with E-state index in [9.17, 15) is 23.1 Å². The summed E-state index contributed by atoms with van der Waals surface area (Å²) in [7, 11) is 1.39. The number of amides is 1. The molecule has 2 aromatic rings. The molecule has 2 rings (SSSR count). The van der Waals surface area contributed by atoms with Gasteiger partial charge in [-0.2, -0.15) is 18.3 Å². The van der Waals surface area contributed by atoms with Crippen LogP contribution in [0.1, 0.15) is 21.5 Å². The zero-order chi connectivity index (χ0) is 17.7. The van der Waals surface area contributed by atoms with Crippen LogP contribution in [0.4, 0.5) is 13.2 Å². The van der Waals surface area contributed by atoms with Gasteiger partial charge >= 0.3 is 6.18 Å². The first kappa shape index (κ1) is 17.3. The molecule has 0 saturated heterocycles. The van der Waals surface area contributed by atoms with Gasteiger partial charge in [0.15, 0.2) is 11.5 Å². The lowest BCUT2D eigenvalue weighted by atomic mass is 10.1. The Morgan fingerprint density at radius 1 is 1.21 bits per heavy atom. The molecular weight excluding hydrogens is 325 g/mol. The topological polar surface area (TPSA) is 70.9 Å². The Hall–Kier alpha value is -3.03. The van der Waals surface area contributed by atoms with Gasteiger partial charge < -0.3 is 9.84 Å². The molecule has 0 atom stereocenters. The van der Waals surface area contributed by atoms with Crippen molar-refractivity contribution in [3.05, 3.63) is 59.2 Å². The summed E-state index contributed by atoms with van der Waals surface area (Å²) in [4.78, 5) is 11.8. The maximum atomic E-state index is 12.4. The minimum Gasteiger partial charge on any atom is -0.504 e. The third-order valence-corrected chi connectivity index (χ3v) is 3.06. The summed E-state index contributed by atoms with van der Waals surface area (Å²) in [5.41, 5.74) is 1.97. The highest BCUT2D eigenvalue weighted by molar-refractivity contribution is 5.94. The lowest BCUT2D eigenvalue weighted by Gasteiger charge is -2.07. The second-order valence-electron chi connectivity index (χ2n) is 4.71. The highest BCUT2D eigenvalue weighted by atomic mass is 19.4. The van der Waals surface area contributed by atoms with Crippen molar-refractivity contribution in [1.82, 2.24) is 5.43 Å². The number of carbonyl (C=O) groups excluding carboxylic acids is 1. The molecule has 0 heterocycles. The smallest absolute Gasteiger partial charge is 0.416 e. The molecule has 0 aliphatic rings. The maximum absolute atomic E-state index is 12.4. The van der Waals surface area contributed by atoms with E-state index in [-0.39, 0.29) is 17.1 Å². The van der Waals surface area contributed by atoms with Crippen LogP contribution in [-0.4, -0.2) is 24.3 Å². The normalized spacial score (nSPS) is 11.5. The van der Waals surface area contributed by atoms with Crippen LogP contribution in [0.25, 0.3) is 0 Å². The number of rotatable bonds is 4. The molecule has 1 amide bonds. The third kappa shape index (κ3) is 4.25. The summed E-state index contributed by atoms with van der Waals surface area (Å²) in [5, 5.41) is 13.2. The molecule has 0 saturated carbocycles. The number of alkyl halides is 3. The third-order valence-electron chi connectivity index (χ3n) is 3.06. The predicted octanol–water partition coefficient (Wildman–Crippen LogP) is 3.18. The summed E-state index contributed by atoms with van der Waals surface area (Å²) >= 11 is 0. The monoisotopic (exact) mass is 338 g/mol. The standard InChI is InChI=1S/C16H13F3N2O3/c1-24-14-8-10(2-7-13(14)22)9-20-21-15(23)11-3-5-12(6-4-11)16(17,18)19/h2-9,22H,1H3,(H,21,23). The lowest BCUT2D eigenvalue weighted by molar-refractivity contribution is -0.137. The van der Waals surface area contributed by atoms with Crippen molar-refractivity contribution < 1.29 is 27.8 Å². The number of phenols is 1. The number of phenolic OH excluding ortho intramolecular Hbond substituents is 1. The largest absolute Gasteiger partial charge is 0.504 e. The Morgan fingerprint density at radius 2 is 1.88 bits per heavy atom. The van der Waals surface area contributed by atoms with Gasteiger partial charge in [0.25, 0.3) is 5.91 Å². The number of methoxy groups -OCH3 is 1. The van der Waals surface area contributed by atoms with Crippen LogP contribution >= 0.6 is 0 Å². The van der Waals surface area contributed by atoms with Crippen LogP contribution in [0.15, 0.2) is 47.6 Å². The van der Waals surface area contributed by atoms with Gasteiger partial charge in [-0.3, -0.25) is 4.79 Å². The van der Waals surface area contributed by atoms with Crippen LogP contribution in [0.2, 0.25) is 0 Å². The summed E-state index contributed by atoms with van der Waals surface area (Å²) < 4.78 is 42.3. The van der Waals surface area contributed by atoms with Gasteiger partial charge in [0, 0.05) is 5.56 Å². The van der Waals surface area contributed by atoms with Gasteiger partial charge in [0.1, 0.15) is 0 Å². The number of hydrogen-bond acceptors (Lipinski definition) is 4. The minimum absolute atomic E-state index is 0.0385. The Morgan fingerprint density at radius 3 is 2.46 bits per heavy atom. The van der Waals surface area contributed by atoms with Crippen LogP contribution in [0.3, 0.4) is 0 Å². The molecule has 0 aliphatic carbocycles. The van der Waals surface area contributed by atoms with Crippen molar-refractivity contribution in [3.63, 3.8) is 0 Å². The van der Waals surface area contributed by atoms with E-state index in [1.807, 2.05) is 0 Å². The van der Waals surface area contributed by atoms with E-state index >= 15 is 0 Å². The number of hydrogen-bond donors (Lipinski definition) is 2. The van der Waals surface area contributed by atoms with E-state index < -0.39 is 17.6 Å². The van der Waals surface area contributed by atoms with Crippen LogP contribution < -0.4 is 10.2 Å². The highest BCUT2D eigenvalue weighted by Crippen LogP contribution is 2.29. The van der Waals surface area contributed by atoms with Crippen molar-refractivity contribution in [2.24, 2.45) is 5.10 Å². The van der Waals surface area contributed by atoms with Crippen molar-refractivity contribution in [1.29, 1.82) is 0 Å². The Kier molecular flexibility index (Phi) is 5.08. The van der Waals surface area contributed by atoms with E-state index in [0.717, 1.165) is 24.3 Å². The Labute approximate surface area is 135 Å². The number of halogens is 3. The zero-order valence-electron chi connectivity index (χ0n) is 12.5. The first-order chi connectivity index (χ1) is 11.3. The van der Waals surface area contributed by atoms with Gasteiger partial charge in [-0.1, -0.05) is 0 Å². The van der Waals surface area contributed by atoms with Crippen LogP contribution in [0, 0.1) is 0 Å². The van der Waals surface area contributed by atoms with E-state index in [1.54, 1.807) is 6.07 Å². The van der Waals surface area contributed by atoms with Crippen LogP contribution in [0.5, 0.6) is 11.5 Å². The molecule has 0 unspecified atom stereocenters. The molecular formula is C16H13F3N2O3. The fraction of sp³-hybridized carbons (Fsp3) is 0.125. The Balaban J connectivity index is 2.02. The lowest BCUT2D eigenvalue weighted by Crippen LogP contribution is -2.18. The molecule has 126 valence electrons. The summed E-state index contributed by atoms with van der Waals surface area (Å²) in [6, 6.07) is 8.23. The van der Waals surface area contributed by atoms with Crippen molar-refractivity contribution in [3.8, 4) is 11.5 Å². The number of aromatic hydroxyl groups is 1. The molecule has 0 spiro atoms. The number of benzene rings is 2. The number of ether oxygens (including phenoxy) is 1. The fourth-order valence-corrected chi connectivity index (χ4v) is 1.82. The van der Waals surface area contributed by atoms with Crippen LogP contribution in [-0.2, 0) is 6.18 Å². The first-order valence-corrected chi connectivity index (χ1v) is 6.69. The second kappa shape index (κ2) is 7.03. The quantitative estimate of drug-likeness (QED) is 0.664. The molecule has 0 aliphatic heterocycles. The average Bonchev–Trinajstić information content (AvgIpc) is 2.55. The number of nitrogens with zero attached hydrogens (tertiary/aromatic N) is 1. The van der Waals surface area contributed by atoms with E-state index in [2.05, 4.69) is 10.5 Å². The van der Waals surface area contributed by atoms with Gasteiger partial charge in [-0.15, -0.1) is 0 Å². The predicted molar refractivity (Wildman–Crippen MR) is 81.2 cm³/mol. The van der Waals surface area contributed by atoms with Gasteiger partial charge in [0.05, 0.1) is 18.9 Å². The van der Waals surface area contributed by atoms with Crippen molar-refractivity contribution in [2.45, 2.75) is 6.18 Å². The Bertz CT molecular complexity index is 756. The average molecular weight is 338 g/mol. The molecule has 0 radical (unpaired) electrons. The van der Waals surface area contributed by atoms with Crippen molar-refractivity contribution >= 4 is 12.1 Å². The van der Waals surface area contributed by atoms with E-state index in [0.29, 0.717) is 5.56 Å². The highest BCUT2D eigenvalue weighted by Gasteiger charge is 2.30. The molecule has 5 nitrogen and oxygen atoms in total. The first-order valence-electron chi connectivity index (χ1n) is 6.69. The van der Waals surface area contributed by atoms with Gasteiger partial charge in [0.2, 0.25) is 0 Å². The summed E-state index contributed by atoms with van der Waals surface area (Å²) in [6.07, 6.45) is -3.14. The van der Waals surface area contributed by atoms with Gasteiger partial charge in [-0.25, -0.2) is 5.43 Å². The zero-order valence-corrected chi connectivity index (χ0v) is 12.5. The molecule has 2 N–H and O–H groups in total. The molecule has 2 aromatic carbocycles. The number of carbonyl (C=O) groups is 1. The molecule has 24 heavy (non-hydrogen) atoms. The number of hydrazone groups is 1. The van der Waals surface area contributed by atoms with E-state index in [1.165, 1.54) is 25.5 Å². The van der Waals surface area contributed by atoms with Gasteiger partial charge in [-0.05, 0) is 48.0 Å². The second-order valence-corrected chi connectivity index (χ2v) is 4.71. The molecule has 8 heteroatoms. The maximum Gasteiger partial charge on any atom is 0.416 e.